The number of ether oxygens (including phenoxy) is 1. The average molecular weight is 396 g/mol. The highest BCUT2D eigenvalue weighted by atomic mass is 35.5. The van der Waals surface area contributed by atoms with Crippen LogP contribution in [0.2, 0.25) is 5.02 Å². The third kappa shape index (κ3) is 4.18. The molecule has 0 N–H and O–H groups in total. The Morgan fingerprint density at radius 3 is 2.57 bits per heavy atom. The lowest BCUT2D eigenvalue weighted by molar-refractivity contribution is -0.139. The van der Waals surface area contributed by atoms with Gasteiger partial charge >= 0.3 is 5.97 Å². The van der Waals surface area contributed by atoms with Crippen LogP contribution in [0.15, 0.2) is 78.5 Å². The minimum atomic E-state index is -0.451. The van der Waals surface area contributed by atoms with Gasteiger partial charge in [-0.25, -0.2) is 4.79 Å². The van der Waals surface area contributed by atoms with Crippen LogP contribution < -0.4 is 0 Å². The molecule has 1 unspecified atom stereocenters. The topological polar surface area (TPSA) is 46.6 Å². The normalized spacial score (nSPS) is 16.9. The number of hydrogen-bond donors (Lipinski definition) is 0. The van der Waals surface area contributed by atoms with Crippen LogP contribution >= 0.6 is 11.6 Å². The van der Waals surface area contributed by atoms with Gasteiger partial charge in [0.25, 0.3) is 0 Å². The fraction of sp³-hybridized carbons (Fsp3) is 0.217. The van der Waals surface area contributed by atoms with E-state index in [1.165, 1.54) is 6.08 Å². The summed E-state index contributed by atoms with van der Waals surface area (Å²) in [5, 5.41) is 0.527. The number of halogens is 1. The van der Waals surface area contributed by atoms with E-state index < -0.39 is 11.9 Å². The number of amides is 1. The minimum Gasteiger partial charge on any atom is -0.458 e. The van der Waals surface area contributed by atoms with Crippen molar-refractivity contribution in [1.82, 2.24) is 4.90 Å². The molecule has 4 nitrogen and oxygen atoms in total. The van der Waals surface area contributed by atoms with E-state index in [2.05, 4.69) is 6.58 Å². The van der Waals surface area contributed by atoms with Crippen molar-refractivity contribution in [2.75, 3.05) is 6.61 Å². The van der Waals surface area contributed by atoms with Crippen LogP contribution in [0, 0.1) is 0 Å². The zero-order valence-electron chi connectivity index (χ0n) is 15.7. The predicted octanol–water partition coefficient (Wildman–Crippen LogP) is 4.86. The Kier molecular flexibility index (Phi) is 6.32. The summed E-state index contributed by atoms with van der Waals surface area (Å²) in [6.07, 6.45) is 1.68. The molecule has 1 heterocycles. The smallest absolute Gasteiger partial charge is 0.336 e. The molecule has 0 fully saturated rings. The van der Waals surface area contributed by atoms with Gasteiger partial charge in [-0.15, -0.1) is 0 Å². The maximum atomic E-state index is 13.0. The first-order chi connectivity index (χ1) is 13.5. The summed E-state index contributed by atoms with van der Waals surface area (Å²) in [5.74, 6) is -0.940. The summed E-state index contributed by atoms with van der Waals surface area (Å²) in [6, 6.07) is 17.0. The molecule has 0 radical (unpaired) electrons. The van der Waals surface area contributed by atoms with Crippen LogP contribution in [-0.2, 0) is 20.9 Å². The van der Waals surface area contributed by atoms with Crippen molar-refractivity contribution in [3.8, 4) is 0 Å². The maximum absolute atomic E-state index is 13.0. The summed E-state index contributed by atoms with van der Waals surface area (Å²) in [6.45, 7) is 5.89. The number of hydrogen-bond acceptors (Lipinski definition) is 3. The average Bonchev–Trinajstić information content (AvgIpc) is 2.70. The Labute approximate surface area is 170 Å². The summed E-state index contributed by atoms with van der Waals surface area (Å²) in [5.41, 5.74) is 2.80. The van der Waals surface area contributed by atoms with Gasteiger partial charge in [0, 0.05) is 23.1 Å². The molecule has 0 saturated carbocycles. The quantitative estimate of drug-likeness (QED) is 0.518. The van der Waals surface area contributed by atoms with Gasteiger partial charge in [-0.2, -0.15) is 0 Å². The third-order valence-electron chi connectivity index (χ3n) is 4.84. The van der Waals surface area contributed by atoms with Gasteiger partial charge in [-0.05, 0) is 24.1 Å². The van der Waals surface area contributed by atoms with E-state index in [9.17, 15) is 9.59 Å². The molecule has 0 aliphatic carbocycles. The monoisotopic (exact) mass is 395 g/mol. The Balaban J connectivity index is 2.04. The summed E-state index contributed by atoms with van der Waals surface area (Å²) >= 11 is 6.38. The highest BCUT2D eigenvalue weighted by Gasteiger charge is 2.37. The molecule has 1 aliphatic heterocycles. The Morgan fingerprint density at radius 2 is 1.89 bits per heavy atom. The molecule has 1 amide bonds. The first-order valence-electron chi connectivity index (χ1n) is 9.10. The van der Waals surface area contributed by atoms with Crippen LogP contribution in [0.25, 0.3) is 0 Å². The Hall–Kier alpha value is -2.85. The van der Waals surface area contributed by atoms with E-state index >= 15 is 0 Å². The van der Waals surface area contributed by atoms with E-state index in [-0.39, 0.29) is 18.9 Å². The third-order valence-corrected chi connectivity index (χ3v) is 5.18. The second kappa shape index (κ2) is 8.89. The van der Waals surface area contributed by atoms with Crippen LogP contribution in [0.1, 0.15) is 30.4 Å². The number of carbonyl (C=O) groups excluding carboxylic acids is 2. The van der Waals surface area contributed by atoms with Crippen molar-refractivity contribution >= 4 is 23.5 Å². The van der Waals surface area contributed by atoms with Gasteiger partial charge in [0.15, 0.2) is 0 Å². The van der Waals surface area contributed by atoms with Gasteiger partial charge < -0.3 is 9.64 Å². The second-order valence-corrected chi connectivity index (χ2v) is 7.04. The highest BCUT2D eigenvalue weighted by molar-refractivity contribution is 6.31. The van der Waals surface area contributed by atoms with Crippen molar-refractivity contribution in [3.63, 3.8) is 0 Å². The van der Waals surface area contributed by atoms with Gasteiger partial charge in [0.05, 0.1) is 12.1 Å². The minimum absolute atomic E-state index is 0.0495. The highest BCUT2D eigenvalue weighted by Crippen LogP contribution is 2.40. The van der Waals surface area contributed by atoms with Crippen LogP contribution in [-0.4, -0.2) is 23.4 Å². The van der Waals surface area contributed by atoms with Gasteiger partial charge in [-0.3, -0.25) is 4.79 Å². The summed E-state index contributed by atoms with van der Waals surface area (Å²) in [4.78, 5) is 27.5. The van der Waals surface area contributed by atoms with Crippen molar-refractivity contribution in [3.05, 3.63) is 94.7 Å². The SMILES string of the molecule is C=CCOC(=O)C1=C(C)N(Cc2ccccc2)C(=O)CC1c1ccccc1Cl. The second-order valence-electron chi connectivity index (χ2n) is 6.63. The largest absolute Gasteiger partial charge is 0.458 e. The predicted molar refractivity (Wildman–Crippen MR) is 110 cm³/mol. The zero-order valence-corrected chi connectivity index (χ0v) is 16.5. The number of carbonyl (C=O) groups is 2. The lowest BCUT2D eigenvalue weighted by atomic mass is 9.83. The van der Waals surface area contributed by atoms with E-state index in [0.29, 0.717) is 22.8 Å². The zero-order chi connectivity index (χ0) is 20.1. The number of nitrogens with zero attached hydrogens (tertiary/aromatic N) is 1. The van der Waals surface area contributed by atoms with Crippen molar-refractivity contribution < 1.29 is 14.3 Å². The van der Waals surface area contributed by atoms with E-state index in [0.717, 1.165) is 11.1 Å². The first-order valence-corrected chi connectivity index (χ1v) is 9.48. The van der Waals surface area contributed by atoms with Crippen molar-refractivity contribution in [1.29, 1.82) is 0 Å². The van der Waals surface area contributed by atoms with Crippen LogP contribution in [0.4, 0.5) is 0 Å². The van der Waals surface area contributed by atoms with Gasteiger partial charge in [0.1, 0.15) is 6.61 Å². The summed E-state index contributed by atoms with van der Waals surface area (Å²) in [7, 11) is 0. The standard InChI is InChI=1S/C23H22ClNO3/c1-3-13-28-23(27)22-16(2)25(15-17-9-5-4-6-10-17)21(26)14-19(22)18-11-7-8-12-20(18)24/h3-12,19H,1,13-15H2,2H3. The molecule has 1 atom stereocenters. The molecule has 0 spiro atoms. The van der Waals surface area contributed by atoms with Crippen molar-refractivity contribution in [2.45, 2.75) is 25.8 Å². The Bertz CT molecular complexity index is 920. The Morgan fingerprint density at radius 1 is 1.21 bits per heavy atom. The van der Waals surface area contributed by atoms with Crippen LogP contribution in [0.5, 0.6) is 0 Å². The maximum Gasteiger partial charge on any atom is 0.336 e. The number of benzene rings is 2. The van der Waals surface area contributed by atoms with E-state index in [1.54, 1.807) is 17.9 Å². The molecule has 0 aromatic heterocycles. The van der Waals surface area contributed by atoms with Gasteiger partial charge in [-0.1, -0.05) is 72.8 Å². The number of rotatable bonds is 6. The molecule has 28 heavy (non-hydrogen) atoms. The molecule has 5 heteroatoms. The molecule has 1 aliphatic rings. The molecule has 2 aromatic rings. The number of allylic oxidation sites excluding steroid dienone is 1. The van der Waals surface area contributed by atoms with Crippen LogP contribution in [0.3, 0.4) is 0 Å². The first kappa shape index (κ1) is 19.9. The molecule has 2 aromatic carbocycles. The molecule has 0 bridgehead atoms. The fourth-order valence-corrected chi connectivity index (χ4v) is 3.74. The lowest BCUT2D eigenvalue weighted by Crippen LogP contribution is -2.38. The molecule has 144 valence electrons. The lowest BCUT2D eigenvalue weighted by Gasteiger charge is -2.34. The molecular formula is C23H22ClNO3. The van der Waals surface area contributed by atoms with Crippen molar-refractivity contribution in [2.24, 2.45) is 0 Å². The molecule has 3 rings (SSSR count). The molecular weight excluding hydrogens is 374 g/mol. The van der Waals surface area contributed by atoms with E-state index in [1.807, 2.05) is 48.5 Å². The van der Waals surface area contributed by atoms with E-state index in [4.69, 9.17) is 16.3 Å². The molecule has 0 saturated heterocycles. The van der Waals surface area contributed by atoms with Gasteiger partial charge in [0.2, 0.25) is 5.91 Å². The fourth-order valence-electron chi connectivity index (χ4n) is 3.47. The summed E-state index contributed by atoms with van der Waals surface area (Å²) < 4.78 is 5.33. The number of esters is 1.